The highest BCUT2D eigenvalue weighted by atomic mass is 79.9. The van der Waals surface area contributed by atoms with Gasteiger partial charge >= 0.3 is 0 Å². The molecular formula is C27H29BrN2O4. The fourth-order valence-electron chi connectivity index (χ4n) is 3.10. The Kier molecular flexibility index (Phi) is 9.52. The van der Waals surface area contributed by atoms with Crippen LogP contribution in [0, 0.1) is 13.8 Å². The van der Waals surface area contributed by atoms with Crippen molar-refractivity contribution in [3.8, 4) is 17.2 Å². The van der Waals surface area contributed by atoms with Crippen LogP contribution in [0.4, 0.5) is 0 Å². The molecule has 1 amide bonds. The second-order valence-electron chi connectivity index (χ2n) is 7.86. The summed E-state index contributed by atoms with van der Waals surface area (Å²) in [7, 11) is 1.59. The molecule has 1 N–H and O–H groups in total. The molecule has 0 saturated carbocycles. The Bertz CT molecular complexity index is 1130. The summed E-state index contributed by atoms with van der Waals surface area (Å²) in [6, 6.07) is 19.6. The van der Waals surface area contributed by atoms with E-state index in [1.807, 2.05) is 55.5 Å². The maximum absolute atomic E-state index is 12.0. The van der Waals surface area contributed by atoms with Gasteiger partial charge in [-0.15, -0.1) is 0 Å². The van der Waals surface area contributed by atoms with Crippen LogP contribution >= 0.6 is 15.9 Å². The first-order valence-electron chi connectivity index (χ1n) is 11.0. The molecule has 0 aliphatic carbocycles. The van der Waals surface area contributed by atoms with Crippen LogP contribution < -0.4 is 19.6 Å². The summed E-state index contributed by atoms with van der Waals surface area (Å²) in [6.45, 7) is 4.96. The number of rotatable bonds is 11. The molecule has 7 heteroatoms. The Morgan fingerprint density at radius 1 is 0.941 bits per heavy atom. The summed E-state index contributed by atoms with van der Waals surface area (Å²) >= 11 is 3.48. The molecule has 0 aromatic heterocycles. The molecule has 3 rings (SSSR count). The average Bonchev–Trinajstić information content (AvgIpc) is 2.83. The van der Waals surface area contributed by atoms with Gasteiger partial charge in [-0.1, -0.05) is 35.9 Å². The average molecular weight is 525 g/mol. The van der Waals surface area contributed by atoms with Crippen LogP contribution in [0.2, 0.25) is 0 Å². The van der Waals surface area contributed by atoms with Crippen molar-refractivity contribution in [2.24, 2.45) is 5.10 Å². The highest BCUT2D eigenvalue weighted by Crippen LogP contribution is 2.28. The molecule has 0 fully saturated rings. The number of hydrogen-bond donors (Lipinski definition) is 1. The Labute approximate surface area is 209 Å². The van der Waals surface area contributed by atoms with Crippen LogP contribution in [0.1, 0.15) is 35.1 Å². The SMILES string of the molecule is COc1cc(/C=N/NC(=O)CCCOc2ccc(C)cc2Br)ccc1OCc1ccc(C)cc1. The number of amides is 1. The Balaban J connectivity index is 1.43. The smallest absolute Gasteiger partial charge is 0.240 e. The quantitative estimate of drug-likeness (QED) is 0.191. The predicted octanol–water partition coefficient (Wildman–Crippen LogP) is 5.96. The summed E-state index contributed by atoms with van der Waals surface area (Å²) in [5.74, 6) is 1.84. The lowest BCUT2D eigenvalue weighted by atomic mass is 10.2. The van der Waals surface area contributed by atoms with E-state index in [0.29, 0.717) is 37.6 Å². The number of nitrogens with zero attached hydrogens (tertiary/aromatic N) is 1. The number of carbonyl (C=O) groups excluding carboxylic acids is 1. The molecule has 0 radical (unpaired) electrons. The van der Waals surface area contributed by atoms with Crippen molar-refractivity contribution in [1.29, 1.82) is 0 Å². The van der Waals surface area contributed by atoms with Gasteiger partial charge in [-0.05, 0) is 83.2 Å². The minimum absolute atomic E-state index is 0.173. The highest BCUT2D eigenvalue weighted by Gasteiger charge is 2.07. The van der Waals surface area contributed by atoms with E-state index in [9.17, 15) is 4.79 Å². The molecule has 0 saturated heterocycles. The number of carbonyl (C=O) groups is 1. The van der Waals surface area contributed by atoms with Gasteiger partial charge in [0.1, 0.15) is 12.4 Å². The Morgan fingerprint density at radius 3 is 2.41 bits per heavy atom. The first-order chi connectivity index (χ1) is 16.4. The van der Waals surface area contributed by atoms with Gasteiger partial charge in [-0.2, -0.15) is 5.10 Å². The van der Waals surface area contributed by atoms with Crippen LogP contribution in [-0.4, -0.2) is 25.8 Å². The summed E-state index contributed by atoms with van der Waals surface area (Å²) in [5, 5.41) is 4.04. The van der Waals surface area contributed by atoms with Gasteiger partial charge in [0.05, 0.1) is 24.4 Å². The lowest BCUT2D eigenvalue weighted by Crippen LogP contribution is -2.18. The van der Waals surface area contributed by atoms with E-state index in [4.69, 9.17) is 14.2 Å². The molecule has 0 unspecified atom stereocenters. The van der Waals surface area contributed by atoms with Crippen molar-refractivity contribution in [3.05, 3.63) is 87.4 Å². The third-order valence-corrected chi connectivity index (χ3v) is 5.62. The summed E-state index contributed by atoms with van der Waals surface area (Å²) in [5.41, 5.74) is 6.77. The molecular weight excluding hydrogens is 496 g/mol. The summed E-state index contributed by atoms with van der Waals surface area (Å²) in [4.78, 5) is 12.0. The van der Waals surface area contributed by atoms with Crippen LogP contribution in [-0.2, 0) is 11.4 Å². The largest absolute Gasteiger partial charge is 0.493 e. The molecule has 3 aromatic carbocycles. The molecule has 0 spiro atoms. The zero-order chi connectivity index (χ0) is 24.3. The van der Waals surface area contributed by atoms with E-state index in [1.54, 1.807) is 13.3 Å². The third-order valence-electron chi connectivity index (χ3n) is 5.00. The fraction of sp³-hybridized carbons (Fsp3) is 0.259. The van der Waals surface area contributed by atoms with Gasteiger partial charge in [-0.25, -0.2) is 5.43 Å². The monoisotopic (exact) mass is 524 g/mol. The van der Waals surface area contributed by atoms with Crippen molar-refractivity contribution >= 4 is 28.1 Å². The van der Waals surface area contributed by atoms with E-state index >= 15 is 0 Å². The number of nitrogens with one attached hydrogen (secondary N) is 1. The minimum Gasteiger partial charge on any atom is -0.493 e. The molecule has 0 bridgehead atoms. The number of hydrazone groups is 1. The topological polar surface area (TPSA) is 69.2 Å². The molecule has 0 aliphatic heterocycles. The van der Waals surface area contributed by atoms with E-state index in [2.05, 4.69) is 45.5 Å². The zero-order valence-corrected chi connectivity index (χ0v) is 21.2. The van der Waals surface area contributed by atoms with Gasteiger partial charge in [0, 0.05) is 6.42 Å². The molecule has 34 heavy (non-hydrogen) atoms. The third kappa shape index (κ3) is 7.92. The normalized spacial score (nSPS) is 10.8. The molecule has 0 aliphatic rings. The number of hydrogen-bond acceptors (Lipinski definition) is 5. The van der Waals surface area contributed by atoms with Crippen molar-refractivity contribution in [2.45, 2.75) is 33.3 Å². The molecule has 0 heterocycles. The van der Waals surface area contributed by atoms with Crippen LogP contribution in [0.25, 0.3) is 0 Å². The number of aryl methyl sites for hydroxylation is 2. The molecule has 3 aromatic rings. The van der Waals surface area contributed by atoms with Crippen molar-refractivity contribution in [2.75, 3.05) is 13.7 Å². The van der Waals surface area contributed by atoms with Crippen LogP contribution in [0.5, 0.6) is 17.2 Å². The van der Waals surface area contributed by atoms with Gasteiger partial charge in [0.2, 0.25) is 5.91 Å². The second-order valence-corrected chi connectivity index (χ2v) is 8.72. The predicted molar refractivity (Wildman–Crippen MR) is 138 cm³/mol. The number of methoxy groups -OCH3 is 1. The van der Waals surface area contributed by atoms with Crippen LogP contribution in [0.3, 0.4) is 0 Å². The lowest BCUT2D eigenvalue weighted by molar-refractivity contribution is -0.121. The maximum Gasteiger partial charge on any atom is 0.240 e. The van der Waals surface area contributed by atoms with E-state index < -0.39 is 0 Å². The number of benzene rings is 3. The van der Waals surface area contributed by atoms with E-state index in [-0.39, 0.29) is 5.91 Å². The van der Waals surface area contributed by atoms with Gasteiger partial charge in [-0.3, -0.25) is 4.79 Å². The van der Waals surface area contributed by atoms with Gasteiger partial charge in [0.15, 0.2) is 11.5 Å². The number of halogens is 1. The van der Waals surface area contributed by atoms with Crippen LogP contribution in [0.15, 0.2) is 70.2 Å². The first kappa shape index (κ1) is 25.3. The fourth-order valence-corrected chi connectivity index (χ4v) is 3.71. The van der Waals surface area contributed by atoms with Crippen molar-refractivity contribution in [3.63, 3.8) is 0 Å². The summed E-state index contributed by atoms with van der Waals surface area (Å²) < 4.78 is 18.0. The van der Waals surface area contributed by atoms with Crippen molar-refractivity contribution in [1.82, 2.24) is 5.43 Å². The maximum atomic E-state index is 12.0. The first-order valence-corrected chi connectivity index (χ1v) is 11.8. The lowest BCUT2D eigenvalue weighted by Gasteiger charge is -2.11. The number of ether oxygens (including phenoxy) is 3. The summed E-state index contributed by atoms with van der Waals surface area (Å²) in [6.07, 6.45) is 2.47. The molecule has 0 atom stereocenters. The highest BCUT2D eigenvalue weighted by molar-refractivity contribution is 9.10. The van der Waals surface area contributed by atoms with Crippen molar-refractivity contribution < 1.29 is 19.0 Å². The van der Waals surface area contributed by atoms with Gasteiger partial charge < -0.3 is 14.2 Å². The Morgan fingerprint density at radius 2 is 1.68 bits per heavy atom. The molecule has 6 nitrogen and oxygen atoms in total. The minimum atomic E-state index is -0.173. The Hall–Kier alpha value is -3.32. The molecule has 178 valence electrons. The van der Waals surface area contributed by atoms with E-state index in [0.717, 1.165) is 26.9 Å². The second kappa shape index (κ2) is 12.8. The zero-order valence-electron chi connectivity index (χ0n) is 19.6. The van der Waals surface area contributed by atoms with E-state index in [1.165, 1.54) is 5.56 Å². The van der Waals surface area contributed by atoms with Gasteiger partial charge in [0.25, 0.3) is 0 Å². The standard InChI is InChI=1S/C27H29BrN2O4/c1-19-6-9-21(10-7-19)18-34-25-13-11-22(16-26(25)32-3)17-29-30-27(31)5-4-14-33-24-12-8-20(2)15-23(24)28/h6-13,15-17H,4-5,14,18H2,1-3H3,(H,30,31)/b29-17+.